The highest BCUT2D eigenvalue weighted by Crippen LogP contribution is 2.29. The highest BCUT2D eigenvalue weighted by atomic mass is 35.5. The van der Waals surface area contributed by atoms with Gasteiger partial charge in [-0.15, -0.1) is 11.3 Å². The summed E-state index contributed by atoms with van der Waals surface area (Å²) < 4.78 is 43.7. The third kappa shape index (κ3) is 6.03. The molecule has 0 radical (unpaired) electrons. The minimum absolute atomic E-state index is 0.0714. The maximum atomic E-state index is 12.5. The molecule has 29 heavy (non-hydrogen) atoms. The van der Waals surface area contributed by atoms with Crippen molar-refractivity contribution < 1.29 is 22.7 Å². The normalized spacial score (nSPS) is 11.6. The van der Waals surface area contributed by atoms with E-state index in [0.717, 1.165) is 29.1 Å². The van der Waals surface area contributed by atoms with Gasteiger partial charge in [0.25, 0.3) is 5.91 Å². The van der Waals surface area contributed by atoms with E-state index < -0.39 is 17.6 Å². The van der Waals surface area contributed by atoms with Crippen LogP contribution in [-0.2, 0) is 12.8 Å². The molecule has 1 aromatic heterocycles. The number of nitrogens with one attached hydrogen (secondary N) is 1. The largest absolute Gasteiger partial charge is 0.488 e. The van der Waals surface area contributed by atoms with Crippen molar-refractivity contribution in [2.75, 3.05) is 0 Å². The van der Waals surface area contributed by atoms with Crippen LogP contribution >= 0.6 is 22.9 Å². The van der Waals surface area contributed by atoms with Crippen molar-refractivity contribution in [1.29, 1.82) is 0 Å². The Morgan fingerprint density at radius 2 is 1.86 bits per heavy atom. The zero-order valence-electron chi connectivity index (χ0n) is 14.6. The number of amides is 1. The maximum absolute atomic E-state index is 12.5. The number of nitrogens with zero attached hydrogens (tertiary/aromatic N) is 2. The van der Waals surface area contributed by atoms with Crippen LogP contribution in [0.5, 0.6) is 5.75 Å². The van der Waals surface area contributed by atoms with Gasteiger partial charge in [-0.2, -0.15) is 18.3 Å². The van der Waals surface area contributed by atoms with Gasteiger partial charge in [-0.1, -0.05) is 11.6 Å². The van der Waals surface area contributed by atoms with Gasteiger partial charge in [0.05, 0.1) is 16.7 Å². The van der Waals surface area contributed by atoms with E-state index >= 15 is 0 Å². The number of halogens is 4. The summed E-state index contributed by atoms with van der Waals surface area (Å²) in [5, 5.41) is 3.81. The summed E-state index contributed by atoms with van der Waals surface area (Å²) in [4.78, 5) is 16.8. The van der Waals surface area contributed by atoms with E-state index in [0.29, 0.717) is 22.4 Å². The van der Waals surface area contributed by atoms with Crippen LogP contribution in [0, 0.1) is 0 Å². The van der Waals surface area contributed by atoms with E-state index in [4.69, 9.17) is 16.3 Å². The Labute approximate surface area is 172 Å². The molecule has 0 aliphatic heterocycles. The van der Waals surface area contributed by atoms with Crippen LogP contribution in [0.4, 0.5) is 13.2 Å². The fraction of sp³-hybridized carbons (Fsp3) is 0.105. The first-order chi connectivity index (χ1) is 13.8. The molecule has 0 bridgehead atoms. The first-order valence-electron chi connectivity index (χ1n) is 8.15. The summed E-state index contributed by atoms with van der Waals surface area (Å²) in [6.45, 7) is 0.348. The van der Waals surface area contributed by atoms with Gasteiger partial charge in [-0.3, -0.25) is 4.79 Å². The van der Waals surface area contributed by atoms with Gasteiger partial charge in [0.2, 0.25) is 0 Å². The molecule has 3 rings (SSSR count). The summed E-state index contributed by atoms with van der Waals surface area (Å²) in [5.74, 6) is 0.0265. The molecular weight excluding hydrogens is 427 g/mol. The van der Waals surface area contributed by atoms with Crippen LogP contribution in [0.3, 0.4) is 0 Å². The molecule has 0 spiro atoms. The van der Waals surface area contributed by atoms with Gasteiger partial charge >= 0.3 is 6.18 Å². The van der Waals surface area contributed by atoms with E-state index in [1.807, 2.05) is 0 Å². The number of rotatable bonds is 6. The molecule has 0 unspecified atom stereocenters. The smallest absolute Gasteiger partial charge is 0.416 e. The minimum atomic E-state index is -4.45. The second kappa shape index (κ2) is 9.06. The number of thiazole rings is 1. The Morgan fingerprint density at radius 3 is 2.45 bits per heavy atom. The van der Waals surface area contributed by atoms with Crippen molar-refractivity contribution in [2.24, 2.45) is 5.10 Å². The fourth-order valence-corrected chi connectivity index (χ4v) is 3.09. The van der Waals surface area contributed by atoms with Gasteiger partial charge in [0, 0.05) is 11.8 Å². The van der Waals surface area contributed by atoms with Crippen molar-refractivity contribution in [3.05, 3.63) is 80.8 Å². The predicted molar refractivity (Wildman–Crippen MR) is 104 cm³/mol. The highest BCUT2D eigenvalue weighted by Gasteiger charge is 2.30. The van der Waals surface area contributed by atoms with Gasteiger partial charge < -0.3 is 4.74 Å². The fourth-order valence-electron chi connectivity index (χ4n) is 2.20. The zero-order chi connectivity index (χ0) is 20.9. The predicted octanol–water partition coefficient (Wildman–Crippen LogP) is 5.16. The average Bonchev–Trinajstić information content (AvgIpc) is 3.12. The molecular formula is C19H13ClF3N3O2S. The molecule has 150 valence electrons. The molecule has 1 N–H and O–H groups in total. The Morgan fingerprint density at radius 1 is 1.17 bits per heavy atom. The molecule has 0 atom stereocenters. The number of hydrazone groups is 1. The summed E-state index contributed by atoms with van der Waals surface area (Å²) in [7, 11) is 0. The molecule has 5 nitrogen and oxygen atoms in total. The monoisotopic (exact) mass is 439 g/mol. The number of carbonyl (C=O) groups excluding carboxylic acids is 1. The SMILES string of the molecule is O=C(NN=Cc1ccc(OCc2cnc(Cl)s2)cc1)c1ccc(C(F)(F)F)cc1. The molecule has 0 aliphatic rings. The van der Waals surface area contributed by atoms with Crippen LogP contribution in [0.1, 0.15) is 26.4 Å². The molecule has 10 heteroatoms. The second-order valence-electron chi connectivity index (χ2n) is 5.71. The van der Waals surface area contributed by atoms with E-state index in [9.17, 15) is 18.0 Å². The van der Waals surface area contributed by atoms with Crippen LogP contribution in [-0.4, -0.2) is 17.1 Å². The van der Waals surface area contributed by atoms with Gasteiger partial charge in [-0.05, 0) is 54.1 Å². The number of benzene rings is 2. The quantitative estimate of drug-likeness (QED) is 0.426. The lowest BCUT2D eigenvalue weighted by atomic mass is 10.1. The van der Waals surface area contributed by atoms with Crippen molar-refractivity contribution in [3.8, 4) is 5.75 Å². The number of carbonyl (C=O) groups is 1. The average molecular weight is 440 g/mol. The molecule has 0 saturated heterocycles. The van der Waals surface area contributed by atoms with Crippen molar-refractivity contribution in [1.82, 2.24) is 10.4 Å². The second-order valence-corrected chi connectivity index (χ2v) is 7.41. The lowest BCUT2D eigenvalue weighted by Crippen LogP contribution is -2.18. The van der Waals surface area contributed by atoms with Gasteiger partial charge in [0.1, 0.15) is 12.4 Å². The van der Waals surface area contributed by atoms with E-state index in [-0.39, 0.29) is 5.56 Å². The van der Waals surface area contributed by atoms with Crippen LogP contribution in [0.15, 0.2) is 59.8 Å². The van der Waals surface area contributed by atoms with Gasteiger partial charge in [0.15, 0.2) is 4.47 Å². The Balaban J connectivity index is 1.51. The molecule has 0 aliphatic carbocycles. The van der Waals surface area contributed by atoms with Crippen LogP contribution in [0.25, 0.3) is 0 Å². The van der Waals surface area contributed by atoms with Crippen molar-refractivity contribution in [2.45, 2.75) is 12.8 Å². The first-order valence-corrected chi connectivity index (χ1v) is 9.34. The summed E-state index contributed by atoms with van der Waals surface area (Å²) in [6.07, 6.45) is -1.39. The summed E-state index contributed by atoms with van der Waals surface area (Å²) in [6, 6.07) is 10.8. The minimum Gasteiger partial charge on any atom is -0.488 e. The topological polar surface area (TPSA) is 63.6 Å². The first kappa shape index (κ1) is 20.8. The number of hydrogen-bond donors (Lipinski definition) is 1. The number of ether oxygens (including phenoxy) is 1. The van der Waals surface area contributed by atoms with Crippen LogP contribution < -0.4 is 10.2 Å². The molecule has 1 amide bonds. The molecule has 0 saturated carbocycles. The summed E-state index contributed by atoms with van der Waals surface area (Å²) in [5.41, 5.74) is 2.22. The number of aromatic nitrogens is 1. The maximum Gasteiger partial charge on any atom is 0.416 e. The lowest BCUT2D eigenvalue weighted by molar-refractivity contribution is -0.137. The van der Waals surface area contributed by atoms with Crippen molar-refractivity contribution >= 4 is 35.1 Å². The summed E-state index contributed by atoms with van der Waals surface area (Å²) >= 11 is 7.10. The zero-order valence-corrected chi connectivity index (χ0v) is 16.2. The molecule has 3 aromatic rings. The highest BCUT2D eigenvalue weighted by molar-refractivity contribution is 7.15. The number of alkyl halides is 3. The van der Waals surface area contributed by atoms with Crippen molar-refractivity contribution in [3.63, 3.8) is 0 Å². The molecule has 2 aromatic carbocycles. The van der Waals surface area contributed by atoms with Crippen LogP contribution in [0.2, 0.25) is 4.47 Å². The van der Waals surface area contributed by atoms with E-state index in [2.05, 4.69) is 15.5 Å². The Kier molecular flexibility index (Phi) is 6.50. The third-order valence-corrected chi connectivity index (χ3v) is 4.73. The third-order valence-electron chi connectivity index (χ3n) is 3.64. The Bertz CT molecular complexity index is 1000. The standard InChI is InChI=1S/C19H13ClF3N3O2S/c20-18-24-10-16(29-18)11-28-15-7-1-12(2-8-15)9-25-26-17(27)13-3-5-14(6-4-13)19(21,22)23/h1-10H,11H2,(H,26,27). The molecule has 0 fully saturated rings. The van der Waals surface area contributed by atoms with E-state index in [1.165, 1.54) is 17.6 Å². The lowest BCUT2D eigenvalue weighted by Gasteiger charge is -2.06. The Hall–Kier alpha value is -2.91. The number of hydrogen-bond acceptors (Lipinski definition) is 5. The molecule has 1 heterocycles. The van der Waals surface area contributed by atoms with Gasteiger partial charge in [-0.25, -0.2) is 10.4 Å². The van der Waals surface area contributed by atoms with E-state index in [1.54, 1.807) is 30.5 Å².